The lowest BCUT2D eigenvalue weighted by molar-refractivity contribution is -0.160. The summed E-state index contributed by atoms with van der Waals surface area (Å²) >= 11 is 7.74. The van der Waals surface area contributed by atoms with Crippen molar-refractivity contribution in [3.8, 4) is 21.7 Å². The van der Waals surface area contributed by atoms with E-state index in [2.05, 4.69) is 0 Å². The van der Waals surface area contributed by atoms with Gasteiger partial charge in [-0.3, -0.25) is 9.58 Å². The Hall–Kier alpha value is -3.99. The van der Waals surface area contributed by atoms with E-state index in [4.69, 9.17) is 26.4 Å². The summed E-state index contributed by atoms with van der Waals surface area (Å²) in [6.07, 6.45) is -1.19. The molecule has 3 aromatic carbocycles. The zero-order chi connectivity index (χ0) is 32.6. The van der Waals surface area contributed by atoms with E-state index in [1.165, 1.54) is 11.3 Å². The molecule has 5 aromatic rings. The molecule has 0 spiro atoms. The Morgan fingerprint density at radius 2 is 1.76 bits per heavy atom. The maximum atomic E-state index is 13.2. The van der Waals surface area contributed by atoms with Crippen LogP contribution in [-0.2, 0) is 16.6 Å². The van der Waals surface area contributed by atoms with Crippen LogP contribution in [-0.4, -0.2) is 61.5 Å². The number of carbonyl (C=O) groups is 2. The summed E-state index contributed by atoms with van der Waals surface area (Å²) in [5.41, 5.74) is 4.45. The van der Waals surface area contributed by atoms with Crippen molar-refractivity contribution in [1.82, 2.24) is 19.7 Å². The van der Waals surface area contributed by atoms with Crippen LogP contribution in [0, 0.1) is 6.92 Å². The van der Waals surface area contributed by atoms with E-state index < -0.39 is 17.7 Å². The van der Waals surface area contributed by atoms with Crippen molar-refractivity contribution >= 4 is 61.9 Å². The third kappa shape index (κ3) is 5.45. The lowest BCUT2D eigenvalue weighted by Crippen LogP contribution is -2.38. The quantitative estimate of drug-likeness (QED) is 0.200. The van der Waals surface area contributed by atoms with Gasteiger partial charge in [-0.1, -0.05) is 23.7 Å². The maximum absolute atomic E-state index is 13.2. The van der Waals surface area contributed by atoms with Crippen molar-refractivity contribution in [2.75, 3.05) is 18.5 Å². The third-order valence-corrected chi connectivity index (χ3v) is 9.71. The van der Waals surface area contributed by atoms with E-state index in [1.807, 2.05) is 92.0 Å². The predicted molar refractivity (Wildman–Crippen MR) is 180 cm³/mol. The molecule has 3 heterocycles. The summed E-state index contributed by atoms with van der Waals surface area (Å²) in [4.78, 5) is 34.4. The smallest absolute Gasteiger partial charge is 0.337 e. The predicted octanol–water partition coefficient (Wildman–Crippen LogP) is 8.07. The number of thiazole rings is 1. The van der Waals surface area contributed by atoms with Gasteiger partial charge in [0.1, 0.15) is 5.01 Å². The molecule has 6 rings (SSSR count). The average Bonchev–Trinajstić information content (AvgIpc) is 3.59. The fourth-order valence-corrected chi connectivity index (χ4v) is 7.15. The van der Waals surface area contributed by atoms with Crippen LogP contribution >= 0.6 is 22.9 Å². The van der Waals surface area contributed by atoms with E-state index >= 15 is 0 Å². The van der Waals surface area contributed by atoms with E-state index in [-0.39, 0.29) is 11.6 Å². The monoisotopic (exact) mass is 645 g/mol. The topological polar surface area (TPSA) is 101 Å². The molecule has 1 saturated heterocycles. The van der Waals surface area contributed by atoms with Gasteiger partial charge in [0, 0.05) is 41.2 Å². The molecule has 1 fully saturated rings. The number of carbonyl (C=O) groups excluding carboxylic acids is 1. The first-order valence-corrected chi connectivity index (χ1v) is 15.9. The number of aromatic nitrogens is 3. The molecule has 45 heavy (non-hydrogen) atoms. The van der Waals surface area contributed by atoms with Crippen molar-refractivity contribution in [1.29, 1.82) is 0 Å². The molecule has 1 atom stereocenters. The first kappa shape index (κ1) is 31.0. The van der Waals surface area contributed by atoms with Crippen LogP contribution in [0.25, 0.3) is 42.8 Å². The van der Waals surface area contributed by atoms with Gasteiger partial charge in [0.15, 0.2) is 11.9 Å². The Bertz CT molecular complexity index is 1990. The van der Waals surface area contributed by atoms with Gasteiger partial charge >= 0.3 is 12.0 Å². The number of anilines is 1. The number of hydrogen-bond donors (Lipinski definition) is 1. The number of carboxylic acid groups (broad SMARTS) is 1. The zero-order valence-corrected chi connectivity index (χ0v) is 28.2. The van der Waals surface area contributed by atoms with Gasteiger partial charge < -0.3 is 14.7 Å². The number of amides is 2. The molecule has 0 bridgehead atoms. The third-order valence-electron chi connectivity index (χ3n) is 8.32. The normalized spacial score (nSPS) is 15.9. The van der Waals surface area contributed by atoms with E-state index in [0.717, 1.165) is 48.4 Å². The molecule has 11 heteroatoms. The van der Waals surface area contributed by atoms with Crippen LogP contribution in [0.4, 0.5) is 10.6 Å². The summed E-state index contributed by atoms with van der Waals surface area (Å²) < 4.78 is 8.79. The van der Waals surface area contributed by atoms with E-state index in [0.29, 0.717) is 22.9 Å². The number of ether oxygens (including phenoxy) is 1. The summed E-state index contributed by atoms with van der Waals surface area (Å²) in [6.45, 7) is 12.0. The first-order valence-electron chi connectivity index (χ1n) is 14.7. The van der Waals surface area contributed by atoms with Crippen LogP contribution < -0.4 is 4.90 Å². The lowest BCUT2D eigenvalue weighted by atomic mass is 9.91. The highest BCUT2D eigenvalue weighted by Gasteiger charge is 2.43. The highest BCUT2D eigenvalue weighted by atomic mass is 35.5. The van der Waals surface area contributed by atoms with Crippen LogP contribution in [0.2, 0.25) is 5.02 Å². The van der Waals surface area contributed by atoms with Crippen LogP contribution in [0.15, 0.2) is 48.5 Å². The average molecular weight is 646 g/mol. The van der Waals surface area contributed by atoms with Gasteiger partial charge in [-0.2, -0.15) is 5.10 Å². The number of carboxylic acids is 1. The number of likely N-dealkylation sites (N-methyl/N-ethyl adjacent to an activating group) is 1. The minimum Gasteiger partial charge on any atom is -0.479 e. The molecule has 9 nitrogen and oxygen atoms in total. The van der Waals surface area contributed by atoms with Gasteiger partial charge in [-0.05, 0) is 89.1 Å². The first-order chi connectivity index (χ1) is 21.1. The fraction of sp³-hybridized carbons (Fsp3) is 0.353. The Morgan fingerprint density at radius 1 is 1.09 bits per heavy atom. The summed E-state index contributed by atoms with van der Waals surface area (Å²) in [7, 11) is 3.69. The van der Waals surface area contributed by atoms with Crippen LogP contribution in [0.1, 0.15) is 51.8 Å². The number of aliphatic carboxylic acids is 1. The van der Waals surface area contributed by atoms with E-state index in [1.54, 1.807) is 26.6 Å². The standard InChI is InChI=1S/C34H36ClN5O4S/c1-18-15-23-28(26(19-9-12-21(35)13-10-19)25(18)27(31(41)42)44-33(2,3)4)45-30(36-23)20-11-14-24-22(16-20)29(37-39(24)8)40-17-34(5,6)38(7)32(40)43/h9-16,27H,17H2,1-8H3,(H,41,42). The molecule has 1 N–H and O–H groups in total. The minimum absolute atomic E-state index is 0.0912. The molecule has 0 radical (unpaired) electrons. The maximum Gasteiger partial charge on any atom is 0.337 e. The number of hydrogen-bond acceptors (Lipinski definition) is 6. The molecule has 2 amide bonds. The largest absolute Gasteiger partial charge is 0.479 e. The molecule has 2 aromatic heterocycles. The molecule has 234 valence electrons. The summed E-state index contributed by atoms with van der Waals surface area (Å²) in [5.74, 6) is -0.450. The highest BCUT2D eigenvalue weighted by Crippen LogP contribution is 2.45. The molecule has 1 aliphatic rings. The van der Waals surface area contributed by atoms with Crippen LogP contribution in [0.5, 0.6) is 0 Å². The second kappa shape index (κ2) is 10.8. The molecular formula is C34H36ClN5O4S. The second-order valence-electron chi connectivity index (χ2n) is 13.2. The Labute approximate surface area is 271 Å². The molecular weight excluding hydrogens is 610 g/mol. The summed E-state index contributed by atoms with van der Waals surface area (Å²) in [6, 6.07) is 15.3. The highest BCUT2D eigenvalue weighted by molar-refractivity contribution is 7.22. The molecule has 0 aliphatic carbocycles. The SMILES string of the molecule is Cc1cc2nc(-c3ccc4c(c3)c(N3CC(C)(C)N(C)C3=O)nn4C)sc2c(-c2ccc(Cl)cc2)c1C(OC(C)(C)C)C(=O)O. The van der Waals surface area contributed by atoms with Gasteiger partial charge in [-0.15, -0.1) is 11.3 Å². The summed E-state index contributed by atoms with van der Waals surface area (Å²) in [5, 5.41) is 17.3. The molecule has 1 aliphatic heterocycles. The number of rotatable bonds is 6. The van der Waals surface area contributed by atoms with Gasteiger partial charge in [0.2, 0.25) is 0 Å². The van der Waals surface area contributed by atoms with Crippen molar-refractivity contribution in [3.05, 3.63) is 64.7 Å². The Balaban J connectivity index is 1.55. The molecule has 0 saturated carbocycles. The van der Waals surface area contributed by atoms with Crippen molar-refractivity contribution < 1.29 is 19.4 Å². The Kier molecular flexibility index (Phi) is 7.46. The number of nitrogens with zero attached hydrogens (tertiary/aromatic N) is 5. The second-order valence-corrected chi connectivity index (χ2v) is 14.7. The van der Waals surface area contributed by atoms with Gasteiger partial charge in [-0.25, -0.2) is 14.6 Å². The molecule has 1 unspecified atom stereocenters. The number of aryl methyl sites for hydroxylation is 2. The minimum atomic E-state index is -1.19. The van der Waals surface area contributed by atoms with Crippen LogP contribution in [0.3, 0.4) is 0 Å². The van der Waals surface area contributed by atoms with Crippen molar-refractivity contribution in [3.63, 3.8) is 0 Å². The van der Waals surface area contributed by atoms with E-state index in [9.17, 15) is 14.7 Å². The van der Waals surface area contributed by atoms with Gasteiger partial charge in [0.25, 0.3) is 0 Å². The Morgan fingerprint density at radius 3 is 2.36 bits per heavy atom. The number of fused-ring (bicyclic) bond motifs is 2. The van der Waals surface area contributed by atoms with Crippen molar-refractivity contribution in [2.24, 2.45) is 7.05 Å². The number of benzene rings is 3. The number of halogens is 1. The fourth-order valence-electron chi connectivity index (χ4n) is 5.91. The van der Waals surface area contributed by atoms with Crippen molar-refractivity contribution in [2.45, 2.75) is 58.8 Å². The van der Waals surface area contributed by atoms with Gasteiger partial charge in [0.05, 0.1) is 33.4 Å². The lowest BCUT2D eigenvalue weighted by Gasteiger charge is -2.28. The number of urea groups is 1. The zero-order valence-electron chi connectivity index (χ0n) is 26.6.